The average molecular weight is 249 g/mol. The van der Waals surface area contributed by atoms with Crippen molar-refractivity contribution in [3.63, 3.8) is 0 Å². The molecule has 90 valence electrons. The molecule has 0 bridgehead atoms. The van der Waals surface area contributed by atoms with Gasteiger partial charge >= 0.3 is 0 Å². The van der Waals surface area contributed by atoms with Crippen LogP contribution in [0.25, 0.3) is 10.8 Å². The molecule has 0 spiro atoms. The normalized spacial score (nSPS) is 10.9. The van der Waals surface area contributed by atoms with E-state index < -0.39 is 0 Å². The highest BCUT2D eigenvalue weighted by Crippen LogP contribution is 2.07. The lowest BCUT2D eigenvalue weighted by atomic mass is 10.2. The summed E-state index contributed by atoms with van der Waals surface area (Å²) in [5, 5.41) is 1.73. The molecule has 4 heteroatoms. The molecule has 0 aliphatic carbocycles. The van der Waals surface area contributed by atoms with Gasteiger partial charge in [-0.3, -0.25) is 4.79 Å². The van der Waals surface area contributed by atoms with Gasteiger partial charge in [-0.15, -0.1) is 0 Å². The Hall–Kier alpha value is -1.26. The van der Waals surface area contributed by atoms with Gasteiger partial charge in [-0.05, 0) is 17.5 Å². The minimum absolute atomic E-state index is 0.0394. The quantitative estimate of drug-likeness (QED) is 0.648. The first-order valence-electron chi connectivity index (χ1n) is 5.60. The Bertz CT molecular complexity index is 550. The van der Waals surface area contributed by atoms with Crippen LogP contribution in [0.15, 0.2) is 41.3 Å². The summed E-state index contributed by atoms with van der Waals surface area (Å²) in [6.07, 6.45) is 1.81. The third-order valence-electron chi connectivity index (χ3n) is 2.60. The van der Waals surface area contributed by atoms with Crippen LogP contribution in [-0.2, 0) is 11.3 Å². The topological polar surface area (TPSA) is 31.2 Å². The number of benzene rings is 1. The highest BCUT2D eigenvalue weighted by atomic mass is 32.1. The summed E-state index contributed by atoms with van der Waals surface area (Å²) >= 11 is 4.06. The standard InChI is InChI=1S/C13H15NO2S/c15-13-12-4-2-1-3-11(12)5-6-14(13)7-8-16-9-10-17/h1-6,17H,7-10H2. The molecule has 1 aromatic carbocycles. The monoisotopic (exact) mass is 249 g/mol. The lowest BCUT2D eigenvalue weighted by Crippen LogP contribution is -2.22. The van der Waals surface area contributed by atoms with Crippen LogP contribution in [0.2, 0.25) is 0 Å². The molecular weight excluding hydrogens is 234 g/mol. The van der Waals surface area contributed by atoms with Crippen LogP contribution in [0.3, 0.4) is 0 Å². The van der Waals surface area contributed by atoms with Gasteiger partial charge in [0.25, 0.3) is 5.56 Å². The van der Waals surface area contributed by atoms with E-state index in [0.29, 0.717) is 25.5 Å². The molecule has 1 aromatic heterocycles. The second kappa shape index (κ2) is 5.89. The second-order valence-electron chi connectivity index (χ2n) is 3.74. The molecular formula is C13H15NO2S. The van der Waals surface area contributed by atoms with Crippen molar-refractivity contribution >= 4 is 23.4 Å². The molecule has 17 heavy (non-hydrogen) atoms. The summed E-state index contributed by atoms with van der Waals surface area (Å²) < 4.78 is 7.00. The van der Waals surface area contributed by atoms with Crippen molar-refractivity contribution in [2.75, 3.05) is 19.0 Å². The number of rotatable bonds is 5. The SMILES string of the molecule is O=c1c2ccccc2ccn1CCOCCS. The van der Waals surface area contributed by atoms with E-state index in [2.05, 4.69) is 12.6 Å². The van der Waals surface area contributed by atoms with E-state index in [1.54, 1.807) is 4.57 Å². The zero-order valence-electron chi connectivity index (χ0n) is 9.50. The first-order chi connectivity index (χ1) is 8.33. The molecule has 0 amide bonds. The Morgan fingerprint density at radius 1 is 1.18 bits per heavy atom. The predicted octanol–water partition coefficient (Wildman–Crippen LogP) is 1.95. The predicted molar refractivity (Wildman–Crippen MR) is 72.9 cm³/mol. The molecule has 0 aliphatic rings. The number of ether oxygens (including phenoxy) is 1. The molecule has 0 fully saturated rings. The Labute approximate surface area is 105 Å². The van der Waals surface area contributed by atoms with Crippen LogP contribution in [0.1, 0.15) is 0 Å². The largest absolute Gasteiger partial charge is 0.379 e. The molecule has 0 unspecified atom stereocenters. The lowest BCUT2D eigenvalue weighted by Gasteiger charge is -2.07. The zero-order valence-corrected chi connectivity index (χ0v) is 10.4. The van der Waals surface area contributed by atoms with Gasteiger partial charge in [-0.2, -0.15) is 12.6 Å². The average Bonchev–Trinajstić information content (AvgIpc) is 2.37. The van der Waals surface area contributed by atoms with Crippen molar-refractivity contribution in [1.82, 2.24) is 4.57 Å². The van der Waals surface area contributed by atoms with E-state index in [0.717, 1.165) is 10.8 Å². The van der Waals surface area contributed by atoms with Gasteiger partial charge in [0, 0.05) is 23.9 Å². The number of aromatic nitrogens is 1. The van der Waals surface area contributed by atoms with Gasteiger partial charge in [0.05, 0.1) is 13.2 Å². The van der Waals surface area contributed by atoms with E-state index >= 15 is 0 Å². The third kappa shape index (κ3) is 2.90. The van der Waals surface area contributed by atoms with E-state index in [1.165, 1.54) is 0 Å². The van der Waals surface area contributed by atoms with Gasteiger partial charge in [-0.25, -0.2) is 0 Å². The molecule has 0 saturated carbocycles. The van der Waals surface area contributed by atoms with Crippen molar-refractivity contribution in [3.05, 3.63) is 46.9 Å². The molecule has 0 saturated heterocycles. The zero-order chi connectivity index (χ0) is 12.1. The minimum Gasteiger partial charge on any atom is -0.379 e. The van der Waals surface area contributed by atoms with Crippen LogP contribution in [0.5, 0.6) is 0 Å². The second-order valence-corrected chi connectivity index (χ2v) is 4.18. The summed E-state index contributed by atoms with van der Waals surface area (Å²) in [6, 6.07) is 9.56. The number of fused-ring (bicyclic) bond motifs is 1. The van der Waals surface area contributed by atoms with Crippen molar-refractivity contribution < 1.29 is 4.74 Å². The molecule has 3 nitrogen and oxygen atoms in total. The maximum Gasteiger partial charge on any atom is 0.258 e. The van der Waals surface area contributed by atoms with Crippen LogP contribution in [0.4, 0.5) is 0 Å². The molecule has 0 radical (unpaired) electrons. The van der Waals surface area contributed by atoms with Crippen LogP contribution in [-0.4, -0.2) is 23.5 Å². The highest BCUT2D eigenvalue weighted by molar-refractivity contribution is 7.80. The van der Waals surface area contributed by atoms with E-state index in [9.17, 15) is 4.79 Å². The van der Waals surface area contributed by atoms with Gasteiger partial charge in [0.1, 0.15) is 0 Å². The molecule has 2 aromatic rings. The fourth-order valence-corrected chi connectivity index (χ4v) is 1.86. The van der Waals surface area contributed by atoms with E-state index in [1.807, 2.05) is 36.5 Å². The van der Waals surface area contributed by atoms with Crippen molar-refractivity contribution in [2.24, 2.45) is 0 Å². The summed E-state index contributed by atoms with van der Waals surface area (Å²) in [5.41, 5.74) is 0.0394. The lowest BCUT2D eigenvalue weighted by molar-refractivity contribution is 0.141. The number of nitrogens with zero attached hydrogens (tertiary/aromatic N) is 1. The van der Waals surface area contributed by atoms with Crippen molar-refractivity contribution in [2.45, 2.75) is 6.54 Å². The summed E-state index contributed by atoms with van der Waals surface area (Å²) in [7, 11) is 0. The summed E-state index contributed by atoms with van der Waals surface area (Å²) in [4.78, 5) is 12.1. The Kier molecular flexibility index (Phi) is 4.23. The molecule has 0 atom stereocenters. The van der Waals surface area contributed by atoms with Gasteiger partial charge in [0.2, 0.25) is 0 Å². The van der Waals surface area contributed by atoms with E-state index in [-0.39, 0.29) is 5.56 Å². The highest BCUT2D eigenvalue weighted by Gasteiger charge is 2.01. The molecule has 0 N–H and O–H groups in total. The number of hydrogen-bond donors (Lipinski definition) is 1. The third-order valence-corrected chi connectivity index (χ3v) is 2.78. The van der Waals surface area contributed by atoms with Crippen LogP contribution in [0, 0.1) is 0 Å². The first kappa shape index (κ1) is 12.2. The van der Waals surface area contributed by atoms with Gasteiger partial charge < -0.3 is 9.30 Å². The van der Waals surface area contributed by atoms with Crippen molar-refractivity contribution in [1.29, 1.82) is 0 Å². The fraction of sp³-hybridized carbons (Fsp3) is 0.308. The Balaban J connectivity index is 2.18. The Morgan fingerprint density at radius 3 is 2.82 bits per heavy atom. The molecule has 1 heterocycles. The molecule has 2 rings (SSSR count). The smallest absolute Gasteiger partial charge is 0.258 e. The van der Waals surface area contributed by atoms with Crippen LogP contribution >= 0.6 is 12.6 Å². The maximum absolute atomic E-state index is 12.1. The van der Waals surface area contributed by atoms with Gasteiger partial charge in [-0.1, -0.05) is 18.2 Å². The number of thiol groups is 1. The summed E-state index contributed by atoms with van der Waals surface area (Å²) in [5.74, 6) is 0.701. The minimum atomic E-state index is 0.0394. The number of pyridine rings is 1. The van der Waals surface area contributed by atoms with E-state index in [4.69, 9.17) is 4.74 Å². The van der Waals surface area contributed by atoms with Gasteiger partial charge in [0.15, 0.2) is 0 Å². The number of hydrogen-bond acceptors (Lipinski definition) is 3. The molecule has 0 aliphatic heterocycles. The Morgan fingerprint density at radius 2 is 2.00 bits per heavy atom. The fourth-order valence-electron chi connectivity index (χ4n) is 1.74. The van der Waals surface area contributed by atoms with Crippen LogP contribution < -0.4 is 5.56 Å². The summed E-state index contributed by atoms with van der Waals surface area (Å²) in [6.45, 7) is 1.74. The van der Waals surface area contributed by atoms with Crippen molar-refractivity contribution in [3.8, 4) is 0 Å². The maximum atomic E-state index is 12.1. The first-order valence-corrected chi connectivity index (χ1v) is 6.23.